The average Bonchev–Trinajstić information content (AvgIpc) is 2.42. The third kappa shape index (κ3) is 8.70. The van der Waals surface area contributed by atoms with Crippen LogP contribution >= 0.6 is 0 Å². The molecule has 0 spiro atoms. The van der Waals surface area contributed by atoms with Gasteiger partial charge in [0.15, 0.2) is 0 Å². The van der Waals surface area contributed by atoms with Gasteiger partial charge < -0.3 is 19.8 Å². The molecule has 0 atom stereocenters. The summed E-state index contributed by atoms with van der Waals surface area (Å²) in [6.07, 6.45) is 7.68. The summed E-state index contributed by atoms with van der Waals surface area (Å²) in [7, 11) is 0. The van der Waals surface area contributed by atoms with Gasteiger partial charge in [0, 0.05) is 11.1 Å². The molecule has 0 aliphatic rings. The van der Waals surface area contributed by atoms with Gasteiger partial charge in [-0.05, 0) is 24.5 Å². The molecule has 0 bridgehead atoms. The van der Waals surface area contributed by atoms with Gasteiger partial charge in [0.2, 0.25) is 0 Å². The normalized spacial score (nSPS) is 9.50. The summed E-state index contributed by atoms with van der Waals surface area (Å²) in [5, 5.41) is 21.7. The van der Waals surface area contributed by atoms with Gasteiger partial charge in [-0.2, -0.15) is 0 Å². The molecule has 0 unspecified atom stereocenters. The third-order valence-electron chi connectivity index (χ3n) is 3.34. The van der Waals surface area contributed by atoms with Crippen LogP contribution in [0.25, 0.3) is 0 Å². The number of hydrogen-bond acceptors (Lipinski definition) is 4. The summed E-state index contributed by atoms with van der Waals surface area (Å²) in [5.74, 6) is -2.97. The number of hydrogen-bond donors (Lipinski definition) is 0. The predicted molar refractivity (Wildman–Crippen MR) is 72.2 cm³/mol. The van der Waals surface area contributed by atoms with Crippen LogP contribution < -0.4 is 69.3 Å². The zero-order chi connectivity index (χ0) is 15.0. The number of aromatic carboxylic acids is 2. The van der Waals surface area contributed by atoms with Crippen LogP contribution in [0.3, 0.4) is 0 Å². The Morgan fingerprint density at radius 1 is 0.864 bits per heavy atom. The second-order valence-electron chi connectivity index (χ2n) is 4.97. The van der Waals surface area contributed by atoms with Gasteiger partial charge in [-0.1, -0.05) is 51.2 Å². The third-order valence-corrected chi connectivity index (χ3v) is 3.34. The fraction of sp³-hybridized carbons (Fsp3) is 0.500. The smallest absolute Gasteiger partial charge is 0.545 e. The maximum absolute atomic E-state index is 10.9. The second-order valence-corrected chi connectivity index (χ2v) is 4.97. The molecule has 0 saturated heterocycles. The number of aryl methyl sites for hydroxylation is 1. The minimum Gasteiger partial charge on any atom is -0.545 e. The van der Waals surface area contributed by atoms with Crippen LogP contribution in [0.2, 0.25) is 0 Å². The Labute approximate surface area is 176 Å². The van der Waals surface area contributed by atoms with E-state index in [1.165, 1.54) is 37.8 Å². The van der Waals surface area contributed by atoms with E-state index in [0.29, 0.717) is 0 Å². The van der Waals surface area contributed by atoms with Crippen molar-refractivity contribution in [3.8, 4) is 0 Å². The first-order valence-corrected chi connectivity index (χ1v) is 7.12. The Hall–Kier alpha value is 0.160. The Balaban J connectivity index is 0. The minimum atomic E-state index is -1.49. The van der Waals surface area contributed by atoms with E-state index in [2.05, 4.69) is 6.92 Å². The van der Waals surface area contributed by atoms with Crippen LogP contribution in [0, 0.1) is 0 Å². The monoisotopic (exact) mass is 322 g/mol. The number of carboxylic acids is 2. The van der Waals surface area contributed by atoms with Gasteiger partial charge in [0.1, 0.15) is 0 Å². The number of carbonyl (C=O) groups excluding carboxylic acids is 2. The van der Waals surface area contributed by atoms with Crippen molar-refractivity contribution >= 4 is 11.9 Å². The Kier molecular flexibility index (Phi) is 15.1. The van der Waals surface area contributed by atoms with Crippen LogP contribution in [0.4, 0.5) is 0 Å². The van der Waals surface area contributed by atoms with Crippen molar-refractivity contribution in [2.75, 3.05) is 0 Å². The van der Waals surface area contributed by atoms with Crippen molar-refractivity contribution < 1.29 is 78.9 Å². The summed E-state index contributed by atoms with van der Waals surface area (Å²) < 4.78 is 0. The van der Waals surface area contributed by atoms with Crippen LogP contribution in [0.1, 0.15) is 71.7 Å². The van der Waals surface area contributed by atoms with Gasteiger partial charge in [-0.25, -0.2) is 0 Å². The SMILES string of the molecule is CCCCCCCCc1ccc(C(=O)[O-])c(C(=O)[O-])c1.[Na+].[Na+]. The maximum atomic E-state index is 10.9. The van der Waals surface area contributed by atoms with E-state index >= 15 is 0 Å². The van der Waals surface area contributed by atoms with Crippen molar-refractivity contribution in [1.29, 1.82) is 0 Å². The van der Waals surface area contributed by atoms with Crippen molar-refractivity contribution in [3.05, 3.63) is 34.9 Å². The first kappa shape index (κ1) is 24.4. The first-order chi connectivity index (χ1) is 9.56. The molecular formula is C16H20Na2O4. The van der Waals surface area contributed by atoms with E-state index < -0.39 is 11.9 Å². The molecule has 1 aromatic carbocycles. The van der Waals surface area contributed by atoms with E-state index in [0.717, 1.165) is 24.8 Å². The Bertz CT molecular complexity index is 475. The fourth-order valence-corrected chi connectivity index (χ4v) is 2.20. The van der Waals surface area contributed by atoms with Gasteiger partial charge in [-0.15, -0.1) is 0 Å². The molecule has 1 aromatic rings. The summed E-state index contributed by atoms with van der Waals surface area (Å²) in [6.45, 7) is 2.17. The zero-order valence-corrected chi connectivity index (χ0v) is 17.8. The van der Waals surface area contributed by atoms with Crippen LogP contribution in [0.15, 0.2) is 18.2 Å². The first-order valence-electron chi connectivity index (χ1n) is 7.12. The molecule has 0 amide bonds. The summed E-state index contributed by atoms with van der Waals surface area (Å²) >= 11 is 0. The molecule has 0 aromatic heterocycles. The van der Waals surface area contributed by atoms with Gasteiger partial charge in [0.05, 0.1) is 11.9 Å². The molecule has 0 N–H and O–H groups in total. The van der Waals surface area contributed by atoms with Crippen molar-refractivity contribution in [1.82, 2.24) is 0 Å². The van der Waals surface area contributed by atoms with Gasteiger partial charge in [-0.3, -0.25) is 0 Å². The van der Waals surface area contributed by atoms with E-state index in [9.17, 15) is 19.8 Å². The number of carbonyl (C=O) groups is 2. The van der Waals surface area contributed by atoms with E-state index in [1.54, 1.807) is 6.07 Å². The van der Waals surface area contributed by atoms with Crippen molar-refractivity contribution in [2.24, 2.45) is 0 Å². The zero-order valence-electron chi connectivity index (χ0n) is 13.8. The molecule has 0 saturated carbocycles. The van der Waals surface area contributed by atoms with E-state index in [-0.39, 0.29) is 70.2 Å². The number of carboxylic acid groups (broad SMARTS) is 2. The summed E-state index contributed by atoms with van der Waals surface area (Å²) in [6, 6.07) is 4.31. The van der Waals surface area contributed by atoms with Crippen LogP contribution in [0.5, 0.6) is 0 Å². The molecule has 0 aliphatic heterocycles. The average molecular weight is 322 g/mol. The molecule has 6 heteroatoms. The van der Waals surface area contributed by atoms with Gasteiger partial charge in [0.25, 0.3) is 0 Å². The molecule has 0 aliphatic carbocycles. The molecule has 4 nitrogen and oxygen atoms in total. The number of rotatable bonds is 9. The topological polar surface area (TPSA) is 80.3 Å². The molecule has 0 radical (unpaired) electrons. The molecular weight excluding hydrogens is 302 g/mol. The summed E-state index contributed by atoms with van der Waals surface area (Å²) in [4.78, 5) is 21.7. The fourth-order valence-electron chi connectivity index (χ4n) is 2.20. The van der Waals surface area contributed by atoms with E-state index in [4.69, 9.17) is 0 Å². The largest absolute Gasteiger partial charge is 1.00 e. The molecule has 22 heavy (non-hydrogen) atoms. The van der Waals surface area contributed by atoms with Crippen LogP contribution in [-0.4, -0.2) is 11.9 Å². The number of unbranched alkanes of at least 4 members (excludes halogenated alkanes) is 5. The predicted octanol–water partition coefficient (Wildman–Crippen LogP) is -4.68. The quantitative estimate of drug-likeness (QED) is 0.338. The second kappa shape index (κ2) is 13.6. The molecule has 0 heterocycles. The summed E-state index contributed by atoms with van der Waals surface area (Å²) in [5.41, 5.74) is 0.204. The Morgan fingerprint density at radius 2 is 1.41 bits per heavy atom. The standard InChI is InChI=1S/C16H22O4.2Na/c1-2-3-4-5-6-7-8-12-9-10-13(15(17)18)14(11-12)16(19)20;;/h9-11H,2-8H2,1H3,(H,17,18)(H,19,20);;/q;2*+1/p-2. The molecule has 0 fully saturated rings. The molecule has 1 rings (SSSR count). The van der Waals surface area contributed by atoms with Crippen molar-refractivity contribution in [2.45, 2.75) is 51.9 Å². The van der Waals surface area contributed by atoms with E-state index in [1.807, 2.05) is 0 Å². The minimum absolute atomic E-state index is 0. The number of benzene rings is 1. The van der Waals surface area contributed by atoms with Crippen LogP contribution in [-0.2, 0) is 6.42 Å². The maximum Gasteiger partial charge on any atom is 1.00 e. The van der Waals surface area contributed by atoms with Crippen molar-refractivity contribution in [3.63, 3.8) is 0 Å². The van der Waals surface area contributed by atoms with Gasteiger partial charge >= 0.3 is 59.1 Å². The molecule has 110 valence electrons. The Morgan fingerprint density at radius 3 is 1.95 bits per heavy atom.